The average Bonchev–Trinajstić information content (AvgIpc) is 2.52. The van der Waals surface area contributed by atoms with Gasteiger partial charge in [0.05, 0.1) is 18.8 Å². The largest absolute Gasteiger partial charge is 0.455 e. The van der Waals surface area contributed by atoms with Crippen molar-refractivity contribution in [1.29, 1.82) is 0 Å². The molecule has 0 fully saturated rings. The van der Waals surface area contributed by atoms with Crippen molar-refractivity contribution in [3.63, 3.8) is 0 Å². The fourth-order valence-electron chi connectivity index (χ4n) is 1.94. The molecule has 0 bridgehead atoms. The molecule has 0 heterocycles. The average molecular weight is 373 g/mol. The Morgan fingerprint density at radius 1 is 1.12 bits per heavy atom. The normalized spacial score (nSPS) is 10.0. The highest BCUT2D eigenvalue weighted by Gasteiger charge is 2.09. The van der Waals surface area contributed by atoms with Gasteiger partial charge < -0.3 is 20.1 Å². The van der Waals surface area contributed by atoms with Crippen LogP contribution in [-0.4, -0.2) is 32.7 Å². The van der Waals surface area contributed by atoms with E-state index in [1.54, 1.807) is 31.4 Å². The van der Waals surface area contributed by atoms with E-state index >= 15 is 0 Å². The van der Waals surface area contributed by atoms with E-state index in [2.05, 4.69) is 10.6 Å². The van der Waals surface area contributed by atoms with Crippen LogP contribution in [-0.2, 0) is 9.53 Å². The quantitative estimate of drug-likeness (QED) is 0.698. The van der Waals surface area contributed by atoms with E-state index < -0.39 is 11.6 Å². The second-order valence-corrected chi connectivity index (χ2v) is 4.92. The number of anilines is 1. The van der Waals surface area contributed by atoms with Gasteiger partial charge in [0.1, 0.15) is 17.4 Å². The number of hydrogen-bond donors (Lipinski definition) is 2. The molecule has 8 heteroatoms. The summed E-state index contributed by atoms with van der Waals surface area (Å²) in [5.41, 5.74) is 0.403. The maximum atomic E-state index is 13.2. The molecule has 25 heavy (non-hydrogen) atoms. The van der Waals surface area contributed by atoms with Crippen LogP contribution in [0.3, 0.4) is 0 Å². The summed E-state index contributed by atoms with van der Waals surface area (Å²) < 4.78 is 36.8. The number of benzene rings is 2. The van der Waals surface area contributed by atoms with Gasteiger partial charge in [-0.15, -0.1) is 12.4 Å². The molecule has 0 aromatic heterocycles. The number of rotatable bonds is 8. The van der Waals surface area contributed by atoms with Crippen LogP contribution in [0.1, 0.15) is 0 Å². The van der Waals surface area contributed by atoms with Crippen LogP contribution < -0.4 is 15.4 Å². The van der Waals surface area contributed by atoms with Crippen molar-refractivity contribution in [1.82, 2.24) is 5.32 Å². The Morgan fingerprint density at radius 2 is 1.80 bits per heavy atom. The van der Waals surface area contributed by atoms with Gasteiger partial charge in [-0.1, -0.05) is 12.1 Å². The number of carbonyl (C=O) groups is 1. The highest BCUT2D eigenvalue weighted by atomic mass is 35.5. The fraction of sp³-hybridized carbons (Fsp3) is 0.235. The first-order chi connectivity index (χ1) is 11.6. The van der Waals surface area contributed by atoms with E-state index in [1.165, 1.54) is 0 Å². The number of halogens is 3. The molecule has 1 amide bonds. The third kappa shape index (κ3) is 7.04. The second-order valence-electron chi connectivity index (χ2n) is 4.92. The van der Waals surface area contributed by atoms with Gasteiger partial charge in [0.15, 0.2) is 5.75 Å². The molecular weight excluding hydrogens is 354 g/mol. The zero-order valence-electron chi connectivity index (χ0n) is 13.6. The number of nitrogens with one attached hydrogen (secondary N) is 2. The van der Waals surface area contributed by atoms with Crippen molar-refractivity contribution in [2.24, 2.45) is 0 Å². The van der Waals surface area contributed by atoms with Crippen molar-refractivity contribution in [2.75, 3.05) is 32.1 Å². The van der Waals surface area contributed by atoms with E-state index in [-0.39, 0.29) is 36.4 Å². The van der Waals surface area contributed by atoms with Crippen molar-refractivity contribution in [2.45, 2.75) is 0 Å². The molecule has 2 aromatic rings. The van der Waals surface area contributed by atoms with E-state index in [1.807, 2.05) is 0 Å². The first kappa shape index (κ1) is 20.8. The fourth-order valence-corrected chi connectivity index (χ4v) is 1.94. The molecule has 2 N–H and O–H groups in total. The Balaban J connectivity index is 0.00000312. The van der Waals surface area contributed by atoms with E-state index in [9.17, 15) is 13.6 Å². The maximum Gasteiger partial charge on any atom is 0.238 e. The summed E-state index contributed by atoms with van der Waals surface area (Å²) in [6.07, 6.45) is 0. The standard InChI is InChI=1S/C17H18F2N2O3.ClH/c1-23-7-6-20-11-17(22)21-15-4-2-3-5-16(15)24-14-9-12(18)8-13(19)10-14;/h2-5,8-10,20H,6-7,11H2,1H3,(H,21,22);1H. The lowest BCUT2D eigenvalue weighted by Gasteiger charge is -2.12. The van der Waals surface area contributed by atoms with E-state index in [0.717, 1.165) is 18.2 Å². The zero-order chi connectivity index (χ0) is 17.4. The second kappa shape index (κ2) is 10.6. The van der Waals surface area contributed by atoms with Crippen LogP contribution in [0.4, 0.5) is 14.5 Å². The lowest BCUT2D eigenvalue weighted by atomic mass is 10.2. The molecular formula is C17H19ClF2N2O3. The Labute approximate surface area is 150 Å². The van der Waals surface area contributed by atoms with Crippen LogP contribution in [0.2, 0.25) is 0 Å². The topological polar surface area (TPSA) is 59.6 Å². The molecule has 0 radical (unpaired) electrons. The van der Waals surface area contributed by atoms with Crippen molar-refractivity contribution < 1.29 is 23.0 Å². The van der Waals surface area contributed by atoms with Gasteiger partial charge in [0, 0.05) is 31.9 Å². The summed E-state index contributed by atoms with van der Waals surface area (Å²) in [5, 5.41) is 5.60. The molecule has 5 nitrogen and oxygen atoms in total. The maximum absolute atomic E-state index is 13.2. The van der Waals surface area contributed by atoms with Crippen LogP contribution in [0.25, 0.3) is 0 Å². The number of para-hydroxylation sites is 2. The molecule has 0 aliphatic rings. The monoisotopic (exact) mass is 372 g/mol. The molecule has 0 unspecified atom stereocenters. The Bertz CT molecular complexity index is 681. The Kier molecular flexibility index (Phi) is 8.83. The lowest BCUT2D eigenvalue weighted by molar-refractivity contribution is -0.115. The van der Waals surface area contributed by atoms with Gasteiger partial charge in [-0.05, 0) is 12.1 Å². The predicted molar refractivity (Wildman–Crippen MR) is 93.5 cm³/mol. The van der Waals surface area contributed by atoms with Crippen molar-refractivity contribution in [3.05, 3.63) is 54.1 Å². The van der Waals surface area contributed by atoms with Gasteiger partial charge in [0.25, 0.3) is 0 Å². The van der Waals surface area contributed by atoms with Crippen LogP contribution in [0, 0.1) is 11.6 Å². The van der Waals surface area contributed by atoms with Gasteiger partial charge >= 0.3 is 0 Å². The van der Waals surface area contributed by atoms with Crippen molar-refractivity contribution in [3.8, 4) is 11.5 Å². The molecule has 136 valence electrons. The molecule has 0 aliphatic carbocycles. The predicted octanol–water partition coefficient (Wildman–Crippen LogP) is 3.35. The molecule has 0 saturated heterocycles. The highest BCUT2D eigenvalue weighted by Crippen LogP contribution is 2.30. The molecule has 0 saturated carbocycles. The van der Waals surface area contributed by atoms with Crippen molar-refractivity contribution >= 4 is 24.0 Å². The smallest absolute Gasteiger partial charge is 0.238 e. The van der Waals surface area contributed by atoms with Crippen LogP contribution in [0.15, 0.2) is 42.5 Å². The first-order valence-corrected chi connectivity index (χ1v) is 7.31. The van der Waals surface area contributed by atoms with E-state index in [4.69, 9.17) is 9.47 Å². The third-order valence-corrected chi connectivity index (χ3v) is 2.99. The van der Waals surface area contributed by atoms with Crippen LogP contribution in [0.5, 0.6) is 11.5 Å². The summed E-state index contributed by atoms with van der Waals surface area (Å²) in [5.74, 6) is -1.46. The molecule has 2 rings (SSSR count). The highest BCUT2D eigenvalue weighted by molar-refractivity contribution is 5.93. The SMILES string of the molecule is COCCNCC(=O)Nc1ccccc1Oc1cc(F)cc(F)c1.Cl. The zero-order valence-corrected chi connectivity index (χ0v) is 14.4. The first-order valence-electron chi connectivity index (χ1n) is 7.31. The van der Waals surface area contributed by atoms with E-state index in [0.29, 0.717) is 18.8 Å². The minimum atomic E-state index is -0.742. The number of ether oxygens (including phenoxy) is 2. The molecule has 0 aliphatic heterocycles. The molecule has 2 aromatic carbocycles. The number of hydrogen-bond acceptors (Lipinski definition) is 4. The van der Waals surface area contributed by atoms with Gasteiger partial charge in [0.2, 0.25) is 5.91 Å². The summed E-state index contributed by atoms with van der Waals surface area (Å²) in [6, 6.07) is 9.52. The summed E-state index contributed by atoms with van der Waals surface area (Å²) in [6.45, 7) is 1.15. The van der Waals surface area contributed by atoms with Gasteiger partial charge in [-0.2, -0.15) is 0 Å². The Hall–Kier alpha value is -2.22. The molecule has 0 atom stereocenters. The molecule has 0 spiro atoms. The number of carbonyl (C=O) groups excluding carboxylic acids is 1. The van der Waals surface area contributed by atoms with Gasteiger partial charge in [-0.3, -0.25) is 4.79 Å². The number of amides is 1. The summed E-state index contributed by atoms with van der Waals surface area (Å²) in [4.78, 5) is 11.9. The minimum absolute atomic E-state index is 0. The summed E-state index contributed by atoms with van der Waals surface area (Å²) in [7, 11) is 1.57. The lowest BCUT2D eigenvalue weighted by Crippen LogP contribution is -2.30. The summed E-state index contributed by atoms with van der Waals surface area (Å²) >= 11 is 0. The Morgan fingerprint density at radius 3 is 2.48 bits per heavy atom. The van der Waals surface area contributed by atoms with Gasteiger partial charge in [-0.25, -0.2) is 8.78 Å². The van der Waals surface area contributed by atoms with Crippen LogP contribution >= 0.6 is 12.4 Å². The minimum Gasteiger partial charge on any atom is -0.455 e. The number of methoxy groups -OCH3 is 1. The third-order valence-electron chi connectivity index (χ3n) is 2.99.